The summed E-state index contributed by atoms with van der Waals surface area (Å²) in [7, 11) is 0. The molecule has 6 nitrogen and oxygen atoms in total. The van der Waals surface area contributed by atoms with Crippen LogP contribution >= 0.6 is 11.6 Å². The van der Waals surface area contributed by atoms with Gasteiger partial charge < -0.3 is 10.2 Å². The Morgan fingerprint density at radius 3 is 3.00 bits per heavy atom. The number of nitrogens with two attached hydrogens (primary N) is 1. The summed E-state index contributed by atoms with van der Waals surface area (Å²) in [5.74, 6) is 6.27. The van der Waals surface area contributed by atoms with E-state index in [4.69, 9.17) is 22.2 Å². The summed E-state index contributed by atoms with van der Waals surface area (Å²) in [6.45, 7) is 0.309. The molecule has 0 saturated carbocycles. The normalized spacial score (nSPS) is 10.7. The minimum absolute atomic E-state index is 0.309. The number of benzene rings is 1. The van der Waals surface area contributed by atoms with Gasteiger partial charge in [0.1, 0.15) is 6.61 Å². The van der Waals surface area contributed by atoms with Crippen molar-refractivity contribution >= 4 is 23.1 Å². The largest absolute Gasteiger partial charge is 0.470 e. The number of nitrogen functional groups attached to an aromatic ring is 1. The zero-order chi connectivity index (χ0) is 13.9. The number of rotatable bonds is 4. The number of anilines is 1. The van der Waals surface area contributed by atoms with Gasteiger partial charge in [-0.2, -0.15) is 4.98 Å². The molecule has 7 heteroatoms. The minimum atomic E-state index is 0.309. The maximum Gasteiger partial charge on any atom is 0.260 e. The summed E-state index contributed by atoms with van der Waals surface area (Å²) >= 11 is 6.09. The van der Waals surface area contributed by atoms with Crippen LogP contribution in [0.3, 0.4) is 0 Å². The molecule has 3 rings (SSSR count). The molecule has 0 saturated heterocycles. The lowest BCUT2D eigenvalue weighted by molar-refractivity contribution is 0.296. The van der Waals surface area contributed by atoms with Crippen LogP contribution in [0.2, 0.25) is 5.02 Å². The van der Waals surface area contributed by atoms with Crippen molar-refractivity contribution in [1.82, 2.24) is 14.4 Å². The fourth-order valence-electron chi connectivity index (χ4n) is 1.83. The first-order chi connectivity index (χ1) is 9.78. The number of aromatic nitrogens is 3. The fourth-order valence-corrected chi connectivity index (χ4v) is 2.02. The van der Waals surface area contributed by atoms with Crippen LogP contribution in [0, 0.1) is 0 Å². The first-order valence-electron chi connectivity index (χ1n) is 5.94. The Balaban J connectivity index is 1.90. The van der Waals surface area contributed by atoms with Gasteiger partial charge in [-0.25, -0.2) is 10.8 Å². The molecule has 2 heterocycles. The maximum absolute atomic E-state index is 6.09. The lowest BCUT2D eigenvalue weighted by Gasteiger charge is -2.09. The van der Waals surface area contributed by atoms with Crippen molar-refractivity contribution in [2.75, 3.05) is 5.43 Å². The molecule has 0 amide bonds. The number of fused-ring (bicyclic) bond motifs is 1. The highest BCUT2D eigenvalue weighted by atomic mass is 35.5. The molecule has 0 aliphatic heterocycles. The van der Waals surface area contributed by atoms with E-state index in [0.29, 0.717) is 29.0 Å². The van der Waals surface area contributed by atoms with Crippen LogP contribution in [0.25, 0.3) is 5.65 Å². The molecule has 3 N–H and O–H groups in total. The molecule has 20 heavy (non-hydrogen) atoms. The van der Waals surface area contributed by atoms with Gasteiger partial charge in [-0.05, 0) is 6.07 Å². The number of hydrogen-bond acceptors (Lipinski definition) is 5. The van der Waals surface area contributed by atoms with E-state index in [1.807, 2.05) is 24.3 Å². The zero-order valence-corrected chi connectivity index (χ0v) is 11.2. The van der Waals surface area contributed by atoms with Gasteiger partial charge in [-0.15, -0.1) is 0 Å². The average molecular weight is 290 g/mol. The molecule has 0 spiro atoms. The molecular weight excluding hydrogens is 278 g/mol. The second kappa shape index (κ2) is 5.36. The quantitative estimate of drug-likeness (QED) is 0.569. The van der Waals surface area contributed by atoms with Gasteiger partial charge in [0, 0.05) is 23.0 Å². The Bertz CT molecular complexity index is 742. The van der Waals surface area contributed by atoms with Gasteiger partial charge in [-0.3, -0.25) is 4.40 Å². The predicted octanol–water partition coefficient (Wildman–Crippen LogP) is 2.25. The monoisotopic (exact) mass is 289 g/mol. The fraction of sp³-hybridized carbons (Fsp3) is 0.0769. The molecule has 0 atom stereocenters. The predicted molar refractivity (Wildman–Crippen MR) is 76.6 cm³/mol. The summed E-state index contributed by atoms with van der Waals surface area (Å²) in [5, 5.41) is 0.653. The van der Waals surface area contributed by atoms with Crippen LogP contribution in [0.4, 0.5) is 5.82 Å². The number of nitrogens with one attached hydrogen (secondary N) is 1. The number of nitrogens with zero attached hydrogens (tertiary/aromatic N) is 3. The molecule has 0 aliphatic rings. The summed E-state index contributed by atoms with van der Waals surface area (Å²) in [6.07, 6.45) is 5.19. The number of hydrogen-bond donors (Lipinski definition) is 2. The molecular formula is C13H12ClN5O. The van der Waals surface area contributed by atoms with Gasteiger partial charge in [0.05, 0.1) is 6.20 Å². The lowest BCUT2D eigenvalue weighted by atomic mass is 10.2. The Hall–Kier alpha value is -2.31. The molecule has 102 valence electrons. The molecule has 3 aromatic rings. The van der Waals surface area contributed by atoms with E-state index in [0.717, 1.165) is 5.56 Å². The standard InChI is InChI=1S/C13H12ClN5O/c14-10-4-2-1-3-9(10)8-20-13-12-16-5-6-19(12)7-11(17-13)18-15/h1-7,18H,8,15H2. The number of ether oxygens (including phenoxy) is 1. The first kappa shape index (κ1) is 12.7. The summed E-state index contributed by atoms with van der Waals surface area (Å²) < 4.78 is 7.49. The van der Waals surface area contributed by atoms with E-state index in [-0.39, 0.29) is 0 Å². The van der Waals surface area contributed by atoms with Crippen LogP contribution in [-0.4, -0.2) is 14.4 Å². The van der Waals surface area contributed by atoms with Crippen LogP contribution in [0.5, 0.6) is 5.88 Å². The molecule has 0 fully saturated rings. The van der Waals surface area contributed by atoms with Gasteiger partial charge in [-0.1, -0.05) is 29.8 Å². The smallest absolute Gasteiger partial charge is 0.260 e. The van der Waals surface area contributed by atoms with E-state index in [1.165, 1.54) is 0 Å². The summed E-state index contributed by atoms with van der Waals surface area (Å²) in [4.78, 5) is 8.45. The average Bonchev–Trinajstić information content (AvgIpc) is 2.94. The highest BCUT2D eigenvalue weighted by Crippen LogP contribution is 2.21. The summed E-state index contributed by atoms with van der Waals surface area (Å²) in [6, 6.07) is 7.49. The zero-order valence-electron chi connectivity index (χ0n) is 10.5. The third-order valence-electron chi connectivity index (χ3n) is 2.81. The Kier molecular flexibility index (Phi) is 3.41. The summed E-state index contributed by atoms with van der Waals surface area (Å²) in [5.41, 5.74) is 4.00. The Morgan fingerprint density at radius 1 is 1.35 bits per heavy atom. The van der Waals surface area contributed by atoms with Crippen molar-refractivity contribution < 1.29 is 4.74 Å². The van der Waals surface area contributed by atoms with Crippen molar-refractivity contribution in [3.63, 3.8) is 0 Å². The molecule has 0 bridgehead atoms. The van der Waals surface area contributed by atoms with Gasteiger partial charge in [0.15, 0.2) is 5.82 Å². The van der Waals surface area contributed by atoms with E-state index in [2.05, 4.69) is 15.4 Å². The highest BCUT2D eigenvalue weighted by molar-refractivity contribution is 6.31. The highest BCUT2D eigenvalue weighted by Gasteiger charge is 2.09. The third kappa shape index (κ3) is 2.38. The number of halogens is 1. The Morgan fingerprint density at radius 2 is 2.20 bits per heavy atom. The topological polar surface area (TPSA) is 77.5 Å². The Labute approximate surface area is 120 Å². The number of hydrazine groups is 1. The molecule has 0 radical (unpaired) electrons. The van der Waals surface area contributed by atoms with Crippen molar-refractivity contribution in [1.29, 1.82) is 0 Å². The maximum atomic E-state index is 6.09. The van der Waals surface area contributed by atoms with Gasteiger partial charge >= 0.3 is 0 Å². The van der Waals surface area contributed by atoms with Crippen molar-refractivity contribution in [3.8, 4) is 5.88 Å². The second-order valence-corrected chi connectivity index (χ2v) is 4.52. The number of imidazole rings is 1. The molecule has 0 aliphatic carbocycles. The third-order valence-corrected chi connectivity index (χ3v) is 3.18. The van der Waals surface area contributed by atoms with Gasteiger partial charge in [0.2, 0.25) is 5.65 Å². The molecule has 2 aromatic heterocycles. The van der Waals surface area contributed by atoms with Crippen molar-refractivity contribution in [2.45, 2.75) is 6.61 Å². The van der Waals surface area contributed by atoms with Crippen LogP contribution in [0.15, 0.2) is 42.9 Å². The van der Waals surface area contributed by atoms with Crippen LogP contribution in [0.1, 0.15) is 5.56 Å². The van der Waals surface area contributed by atoms with Gasteiger partial charge in [0.25, 0.3) is 5.88 Å². The van der Waals surface area contributed by atoms with E-state index in [9.17, 15) is 0 Å². The minimum Gasteiger partial charge on any atom is -0.470 e. The lowest BCUT2D eigenvalue weighted by Crippen LogP contribution is -2.11. The van der Waals surface area contributed by atoms with Crippen LogP contribution < -0.4 is 16.0 Å². The van der Waals surface area contributed by atoms with Crippen LogP contribution in [-0.2, 0) is 6.61 Å². The van der Waals surface area contributed by atoms with E-state index >= 15 is 0 Å². The molecule has 1 aromatic carbocycles. The molecule has 0 unspecified atom stereocenters. The van der Waals surface area contributed by atoms with E-state index in [1.54, 1.807) is 23.0 Å². The van der Waals surface area contributed by atoms with Crippen molar-refractivity contribution in [3.05, 3.63) is 53.4 Å². The first-order valence-corrected chi connectivity index (χ1v) is 6.32. The van der Waals surface area contributed by atoms with Crippen molar-refractivity contribution in [2.24, 2.45) is 5.84 Å². The van der Waals surface area contributed by atoms with E-state index < -0.39 is 0 Å². The SMILES string of the molecule is NNc1cn2ccnc2c(OCc2ccccc2Cl)n1. The second-order valence-electron chi connectivity index (χ2n) is 4.11.